The molecule has 0 bridgehead atoms. The fourth-order valence-electron chi connectivity index (χ4n) is 2.91. The largest absolute Gasteiger partial charge is 0.480 e. The molecule has 1 aromatic carbocycles. The van der Waals surface area contributed by atoms with Crippen LogP contribution in [-0.4, -0.2) is 50.6 Å². The van der Waals surface area contributed by atoms with Gasteiger partial charge in [-0.2, -0.15) is 5.10 Å². The molecular weight excluding hydrogens is 322 g/mol. The van der Waals surface area contributed by atoms with Crippen molar-refractivity contribution in [2.24, 2.45) is 5.10 Å². The van der Waals surface area contributed by atoms with Crippen molar-refractivity contribution >= 4 is 23.5 Å². The zero-order valence-electron chi connectivity index (χ0n) is 14.1. The Labute approximate surface area is 145 Å². The summed E-state index contributed by atoms with van der Waals surface area (Å²) in [4.78, 5) is 37.7. The first-order chi connectivity index (χ1) is 12.0. The number of hydrazone groups is 1. The lowest BCUT2D eigenvalue weighted by Crippen LogP contribution is -2.49. The molecule has 2 aliphatic rings. The number of carboxylic acids is 1. The minimum absolute atomic E-state index is 0.0403. The lowest BCUT2D eigenvalue weighted by molar-refractivity contribution is -0.147. The molecule has 1 N–H and O–H groups in total. The number of hydrogen-bond acceptors (Lipinski definition) is 4. The third-order valence-electron chi connectivity index (χ3n) is 4.48. The maximum atomic E-state index is 12.8. The average molecular weight is 343 g/mol. The number of hydrogen-bond donors (Lipinski definition) is 1. The van der Waals surface area contributed by atoms with E-state index >= 15 is 0 Å². The van der Waals surface area contributed by atoms with E-state index in [0.717, 1.165) is 18.4 Å². The van der Waals surface area contributed by atoms with Gasteiger partial charge in [0, 0.05) is 18.9 Å². The summed E-state index contributed by atoms with van der Waals surface area (Å²) in [6.07, 6.45) is 2.07. The molecule has 1 saturated carbocycles. The Hall–Kier alpha value is -2.70. The number of amides is 2. The molecule has 7 heteroatoms. The summed E-state index contributed by atoms with van der Waals surface area (Å²) in [5, 5.41) is 14.8. The number of aliphatic carboxylic acids is 1. The summed E-state index contributed by atoms with van der Waals surface area (Å²) in [5.74, 6) is -1.54. The van der Waals surface area contributed by atoms with Crippen LogP contribution in [0.15, 0.2) is 35.4 Å². The van der Waals surface area contributed by atoms with Crippen molar-refractivity contribution in [3.8, 4) is 0 Å². The Kier molecular flexibility index (Phi) is 4.83. The fraction of sp³-hybridized carbons (Fsp3) is 0.444. The van der Waals surface area contributed by atoms with Crippen LogP contribution in [0.25, 0.3) is 0 Å². The van der Waals surface area contributed by atoms with Gasteiger partial charge < -0.3 is 10.0 Å². The molecule has 2 amide bonds. The van der Waals surface area contributed by atoms with E-state index < -0.39 is 12.0 Å². The summed E-state index contributed by atoms with van der Waals surface area (Å²) in [6, 6.07) is 8.49. The van der Waals surface area contributed by atoms with Crippen molar-refractivity contribution in [2.45, 2.75) is 51.2 Å². The SMILES string of the molecule is CC(C(=O)O)N(C(=O)C1=NN(Cc2ccccc2)C(=O)CC1)C1CC1. The number of carbonyl (C=O) groups excluding carboxylic acids is 2. The highest BCUT2D eigenvalue weighted by Crippen LogP contribution is 2.30. The van der Waals surface area contributed by atoms with Crippen molar-refractivity contribution in [1.82, 2.24) is 9.91 Å². The van der Waals surface area contributed by atoms with E-state index in [0.29, 0.717) is 6.54 Å². The van der Waals surface area contributed by atoms with E-state index in [9.17, 15) is 19.5 Å². The smallest absolute Gasteiger partial charge is 0.326 e. The monoisotopic (exact) mass is 343 g/mol. The standard InChI is InChI=1S/C18H21N3O4/c1-12(18(24)25)21(14-7-8-14)17(23)15-9-10-16(22)20(19-15)11-13-5-3-2-4-6-13/h2-6,12,14H,7-11H2,1H3,(H,24,25). The van der Waals surface area contributed by atoms with Gasteiger partial charge in [0.15, 0.2) is 0 Å². The van der Waals surface area contributed by atoms with Crippen LogP contribution in [-0.2, 0) is 20.9 Å². The normalized spacial score (nSPS) is 18.5. The molecule has 0 saturated heterocycles. The Morgan fingerprint density at radius 1 is 1.28 bits per heavy atom. The van der Waals surface area contributed by atoms with Gasteiger partial charge >= 0.3 is 5.97 Å². The zero-order valence-corrected chi connectivity index (χ0v) is 14.1. The Morgan fingerprint density at radius 3 is 2.56 bits per heavy atom. The zero-order chi connectivity index (χ0) is 18.0. The number of nitrogens with zero attached hydrogens (tertiary/aromatic N) is 3. The van der Waals surface area contributed by atoms with Crippen LogP contribution < -0.4 is 0 Å². The van der Waals surface area contributed by atoms with E-state index in [1.165, 1.54) is 16.8 Å². The lowest BCUT2D eigenvalue weighted by Gasteiger charge is -2.29. The first kappa shape index (κ1) is 17.1. The molecule has 0 radical (unpaired) electrons. The molecule has 1 atom stereocenters. The molecule has 1 aliphatic heterocycles. The van der Waals surface area contributed by atoms with Crippen LogP contribution in [0.4, 0.5) is 0 Å². The molecular formula is C18H21N3O4. The van der Waals surface area contributed by atoms with E-state index in [1.807, 2.05) is 30.3 Å². The lowest BCUT2D eigenvalue weighted by atomic mass is 10.1. The number of rotatable bonds is 6. The van der Waals surface area contributed by atoms with Gasteiger partial charge in [0.05, 0.1) is 6.54 Å². The predicted molar refractivity (Wildman–Crippen MR) is 90.6 cm³/mol. The highest BCUT2D eigenvalue weighted by Gasteiger charge is 2.40. The number of benzene rings is 1. The second-order valence-corrected chi connectivity index (χ2v) is 6.44. The van der Waals surface area contributed by atoms with Crippen molar-refractivity contribution in [2.75, 3.05) is 0 Å². The highest BCUT2D eigenvalue weighted by molar-refractivity contribution is 6.39. The van der Waals surface area contributed by atoms with Crippen LogP contribution in [0.1, 0.15) is 38.2 Å². The molecule has 1 heterocycles. The minimum atomic E-state index is -1.03. The van der Waals surface area contributed by atoms with E-state index in [-0.39, 0.29) is 36.4 Å². The summed E-state index contributed by atoms with van der Waals surface area (Å²) in [6.45, 7) is 1.81. The Bertz CT molecular complexity index is 712. The summed E-state index contributed by atoms with van der Waals surface area (Å²) in [7, 11) is 0. The van der Waals surface area contributed by atoms with Gasteiger partial charge in [-0.3, -0.25) is 9.59 Å². The number of carbonyl (C=O) groups is 3. The van der Waals surface area contributed by atoms with Gasteiger partial charge in [-0.1, -0.05) is 30.3 Å². The maximum absolute atomic E-state index is 12.8. The van der Waals surface area contributed by atoms with Crippen LogP contribution in [0.5, 0.6) is 0 Å². The summed E-state index contributed by atoms with van der Waals surface area (Å²) in [5.41, 5.74) is 1.18. The summed E-state index contributed by atoms with van der Waals surface area (Å²) >= 11 is 0. The minimum Gasteiger partial charge on any atom is -0.480 e. The van der Waals surface area contributed by atoms with Crippen LogP contribution in [0.2, 0.25) is 0 Å². The second kappa shape index (κ2) is 7.04. The van der Waals surface area contributed by atoms with Crippen molar-refractivity contribution < 1.29 is 19.5 Å². The second-order valence-electron chi connectivity index (χ2n) is 6.44. The molecule has 1 aliphatic carbocycles. The van der Waals surface area contributed by atoms with Crippen molar-refractivity contribution in [1.29, 1.82) is 0 Å². The molecule has 0 aromatic heterocycles. The molecule has 7 nitrogen and oxygen atoms in total. The predicted octanol–water partition coefficient (Wildman–Crippen LogP) is 1.63. The maximum Gasteiger partial charge on any atom is 0.326 e. The van der Waals surface area contributed by atoms with Gasteiger partial charge in [0.2, 0.25) is 5.91 Å². The summed E-state index contributed by atoms with van der Waals surface area (Å²) < 4.78 is 0. The van der Waals surface area contributed by atoms with Gasteiger partial charge in [0.1, 0.15) is 11.8 Å². The van der Waals surface area contributed by atoms with Gasteiger partial charge in [0.25, 0.3) is 5.91 Å². The third kappa shape index (κ3) is 3.87. The molecule has 25 heavy (non-hydrogen) atoms. The molecule has 1 unspecified atom stereocenters. The first-order valence-electron chi connectivity index (χ1n) is 8.44. The van der Waals surface area contributed by atoms with Crippen LogP contribution >= 0.6 is 0 Å². The fourth-order valence-corrected chi connectivity index (χ4v) is 2.91. The van der Waals surface area contributed by atoms with E-state index in [1.54, 1.807) is 0 Å². The molecule has 1 aromatic rings. The molecule has 0 spiro atoms. The van der Waals surface area contributed by atoms with Gasteiger partial charge in [-0.25, -0.2) is 9.80 Å². The van der Waals surface area contributed by atoms with Crippen molar-refractivity contribution in [3.05, 3.63) is 35.9 Å². The van der Waals surface area contributed by atoms with Crippen LogP contribution in [0.3, 0.4) is 0 Å². The quantitative estimate of drug-likeness (QED) is 0.850. The van der Waals surface area contributed by atoms with Crippen molar-refractivity contribution in [3.63, 3.8) is 0 Å². The molecule has 3 rings (SSSR count). The molecule has 132 valence electrons. The van der Waals surface area contributed by atoms with Gasteiger partial charge in [-0.15, -0.1) is 0 Å². The van der Waals surface area contributed by atoms with E-state index in [4.69, 9.17) is 0 Å². The Balaban J connectivity index is 1.80. The highest BCUT2D eigenvalue weighted by atomic mass is 16.4. The third-order valence-corrected chi connectivity index (χ3v) is 4.48. The van der Waals surface area contributed by atoms with Crippen LogP contribution in [0, 0.1) is 0 Å². The topological polar surface area (TPSA) is 90.3 Å². The number of carboxylic acid groups (broad SMARTS) is 1. The molecule has 1 fully saturated rings. The Morgan fingerprint density at radius 2 is 1.96 bits per heavy atom. The van der Waals surface area contributed by atoms with Gasteiger partial charge in [-0.05, 0) is 25.3 Å². The average Bonchev–Trinajstić information content (AvgIpc) is 3.42. The first-order valence-corrected chi connectivity index (χ1v) is 8.44. The van der Waals surface area contributed by atoms with E-state index in [2.05, 4.69) is 5.10 Å².